The highest BCUT2D eigenvalue weighted by molar-refractivity contribution is 5.79. The number of rotatable bonds is 7. The minimum Gasteiger partial charge on any atom is -0.496 e. The summed E-state index contributed by atoms with van der Waals surface area (Å²) in [5, 5.41) is 11.6. The molecule has 0 amide bonds. The van der Waals surface area contributed by atoms with Crippen LogP contribution in [0.4, 0.5) is 0 Å². The average Bonchev–Trinajstić information content (AvgIpc) is 2.37. The summed E-state index contributed by atoms with van der Waals surface area (Å²) in [5.74, 6) is 0.386. The number of hydrogen-bond acceptors (Lipinski definition) is 3. The largest absolute Gasteiger partial charge is 0.496 e. The Hall–Kier alpha value is -1.81. The molecule has 0 fully saturated rings. The molecule has 0 unspecified atom stereocenters. The van der Waals surface area contributed by atoms with Crippen molar-refractivity contribution in [2.75, 3.05) is 13.7 Å². The smallest absolute Gasteiger partial charge is 0.328 e. The lowest BCUT2D eigenvalue weighted by Gasteiger charge is -2.13. The maximum Gasteiger partial charge on any atom is 0.328 e. The first-order chi connectivity index (χ1) is 9.04. The first-order valence-electron chi connectivity index (χ1n) is 6.31. The van der Waals surface area contributed by atoms with Gasteiger partial charge in [0.05, 0.1) is 7.11 Å². The Morgan fingerprint density at radius 3 is 2.79 bits per heavy atom. The van der Waals surface area contributed by atoms with Gasteiger partial charge in [0.15, 0.2) is 0 Å². The molecule has 4 nitrogen and oxygen atoms in total. The Kier molecular flexibility index (Phi) is 6.09. The van der Waals surface area contributed by atoms with Crippen LogP contribution in [-0.2, 0) is 11.3 Å². The second kappa shape index (κ2) is 7.59. The van der Waals surface area contributed by atoms with Crippen molar-refractivity contribution < 1.29 is 14.6 Å². The average molecular weight is 263 g/mol. The predicted molar refractivity (Wildman–Crippen MR) is 75.6 cm³/mol. The molecule has 0 bridgehead atoms. The predicted octanol–water partition coefficient (Wildman–Crippen LogP) is 2.55. The van der Waals surface area contributed by atoms with Crippen LogP contribution in [0, 0.1) is 0 Å². The molecule has 0 saturated heterocycles. The number of aliphatic carboxylic acids is 1. The van der Waals surface area contributed by atoms with Crippen molar-refractivity contribution in [1.29, 1.82) is 0 Å². The van der Waals surface area contributed by atoms with E-state index in [0.29, 0.717) is 19.0 Å². The normalized spacial score (nSPS) is 11.2. The molecule has 0 aromatic heterocycles. The number of carboxylic acids is 1. The monoisotopic (exact) mass is 263 g/mol. The van der Waals surface area contributed by atoms with Crippen LogP contribution < -0.4 is 10.1 Å². The van der Waals surface area contributed by atoms with Crippen molar-refractivity contribution in [2.45, 2.75) is 26.3 Å². The molecule has 0 atom stereocenters. The highest BCUT2D eigenvalue weighted by Crippen LogP contribution is 2.23. The van der Waals surface area contributed by atoms with Gasteiger partial charge in [-0.25, -0.2) is 4.79 Å². The summed E-state index contributed by atoms with van der Waals surface area (Å²) >= 11 is 0. The third-order valence-electron chi connectivity index (χ3n) is 2.81. The summed E-state index contributed by atoms with van der Waals surface area (Å²) in [6.07, 6.45) is 2.72. The van der Waals surface area contributed by atoms with Gasteiger partial charge < -0.3 is 15.2 Å². The van der Waals surface area contributed by atoms with E-state index in [4.69, 9.17) is 9.84 Å². The van der Waals surface area contributed by atoms with Gasteiger partial charge in [-0.2, -0.15) is 0 Å². The molecule has 2 N–H and O–H groups in total. The SMILES string of the molecule is COc1ccc(C(C)C)cc1CNC/C=C/C(=O)O. The number of carboxylic acid groups (broad SMARTS) is 1. The topological polar surface area (TPSA) is 58.6 Å². The van der Waals surface area contributed by atoms with E-state index < -0.39 is 5.97 Å². The first kappa shape index (κ1) is 15.2. The molecule has 0 aliphatic heterocycles. The zero-order valence-corrected chi connectivity index (χ0v) is 11.6. The number of methoxy groups -OCH3 is 1. The quantitative estimate of drug-likeness (QED) is 0.586. The third-order valence-corrected chi connectivity index (χ3v) is 2.81. The fraction of sp³-hybridized carbons (Fsp3) is 0.400. The molecule has 1 aromatic carbocycles. The van der Waals surface area contributed by atoms with Gasteiger partial charge in [-0.05, 0) is 17.5 Å². The molecule has 1 rings (SSSR count). The molecule has 0 heterocycles. The van der Waals surface area contributed by atoms with E-state index in [-0.39, 0.29) is 0 Å². The lowest BCUT2D eigenvalue weighted by atomic mass is 10.0. The van der Waals surface area contributed by atoms with E-state index >= 15 is 0 Å². The second-order valence-electron chi connectivity index (χ2n) is 4.60. The van der Waals surface area contributed by atoms with Crippen LogP contribution in [0.15, 0.2) is 30.4 Å². The van der Waals surface area contributed by atoms with Gasteiger partial charge in [0, 0.05) is 24.7 Å². The summed E-state index contributed by atoms with van der Waals surface area (Å²) in [6, 6.07) is 6.16. The van der Waals surface area contributed by atoms with Gasteiger partial charge >= 0.3 is 5.97 Å². The van der Waals surface area contributed by atoms with E-state index in [1.807, 2.05) is 6.07 Å². The van der Waals surface area contributed by atoms with E-state index in [2.05, 4.69) is 31.3 Å². The maximum atomic E-state index is 10.3. The minimum absolute atomic E-state index is 0.469. The standard InChI is InChI=1S/C15H21NO3/c1-11(2)12-6-7-14(19-3)13(9-12)10-16-8-4-5-15(17)18/h4-7,9,11,16H,8,10H2,1-3H3,(H,17,18)/b5-4+. The Morgan fingerprint density at radius 1 is 1.47 bits per heavy atom. The minimum atomic E-state index is -0.929. The van der Waals surface area contributed by atoms with Crippen molar-refractivity contribution in [2.24, 2.45) is 0 Å². The van der Waals surface area contributed by atoms with E-state index in [1.165, 1.54) is 5.56 Å². The van der Waals surface area contributed by atoms with Crippen LogP contribution in [0.25, 0.3) is 0 Å². The van der Waals surface area contributed by atoms with Crippen LogP contribution in [-0.4, -0.2) is 24.7 Å². The van der Waals surface area contributed by atoms with Gasteiger partial charge in [0.25, 0.3) is 0 Å². The van der Waals surface area contributed by atoms with Crippen LogP contribution in [0.2, 0.25) is 0 Å². The maximum absolute atomic E-state index is 10.3. The summed E-state index contributed by atoms with van der Waals surface area (Å²) in [7, 11) is 1.65. The molecular weight excluding hydrogens is 242 g/mol. The first-order valence-corrected chi connectivity index (χ1v) is 6.31. The van der Waals surface area contributed by atoms with E-state index in [1.54, 1.807) is 13.2 Å². The zero-order chi connectivity index (χ0) is 14.3. The molecule has 0 aliphatic carbocycles. The number of carbonyl (C=O) groups is 1. The Bertz CT molecular complexity index is 453. The number of nitrogens with one attached hydrogen (secondary N) is 1. The van der Waals surface area contributed by atoms with Crippen LogP contribution in [0.3, 0.4) is 0 Å². The van der Waals surface area contributed by atoms with Gasteiger partial charge in [-0.15, -0.1) is 0 Å². The molecule has 19 heavy (non-hydrogen) atoms. The summed E-state index contributed by atoms with van der Waals surface area (Å²) in [6.45, 7) is 5.46. The van der Waals surface area contributed by atoms with E-state index in [0.717, 1.165) is 17.4 Å². The summed E-state index contributed by atoms with van der Waals surface area (Å²) in [4.78, 5) is 10.3. The van der Waals surface area contributed by atoms with Crippen molar-refractivity contribution >= 4 is 5.97 Å². The highest BCUT2D eigenvalue weighted by atomic mass is 16.5. The lowest BCUT2D eigenvalue weighted by Crippen LogP contribution is -2.14. The summed E-state index contributed by atoms with van der Waals surface area (Å²) < 4.78 is 5.32. The molecule has 0 radical (unpaired) electrons. The number of ether oxygens (including phenoxy) is 1. The fourth-order valence-electron chi connectivity index (χ4n) is 1.75. The Balaban J connectivity index is 2.65. The summed E-state index contributed by atoms with van der Waals surface area (Å²) in [5.41, 5.74) is 2.34. The molecule has 0 spiro atoms. The molecule has 0 saturated carbocycles. The zero-order valence-electron chi connectivity index (χ0n) is 11.6. The van der Waals surface area contributed by atoms with Crippen molar-refractivity contribution in [3.63, 3.8) is 0 Å². The molecule has 104 valence electrons. The van der Waals surface area contributed by atoms with Gasteiger partial charge in [-0.3, -0.25) is 0 Å². The van der Waals surface area contributed by atoms with Crippen molar-refractivity contribution in [3.05, 3.63) is 41.5 Å². The highest BCUT2D eigenvalue weighted by Gasteiger charge is 2.06. The number of benzene rings is 1. The molecule has 0 aliphatic rings. The Labute approximate surface area is 114 Å². The van der Waals surface area contributed by atoms with Crippen LogP contribution in [0.5, 0.6) is 5.75 Å². The Morgan fingerprint density at radius 2 is 2.21 bits per heavy atom. The molecule has 4 heteroatoms. The van der Waals surface area contributed by atoms with Crippen LogP contribution in [0.1, 0.15) is 30.9 Å². The fourth-order valence-corrected chi connectivity index (χ4v) is 1.75. The van der Waals surface area contributed by atoms with Crippen molar-refractivity contribution in [1.82, 2.24) is 5.32 Å². The lowest BCUT2D eigenvalue weighted by molar-refractivity contribution is -0.131. The van der Waals surface area contributed by atoms with E-state index in [9.17, 15) is 4.79 Å². The molecular formula is C15H21NO3. The van der Waals surface area contributed by atoms with Gasteiger partial charge in [0.2, 0.25) is 0 Å². The third kappa shape index (κ3) is 5.14. The van der Waals surface area contributed by atoms with Gasteiger partial charge in [-0.1, -0.05) is 32.1 Å². The van der Waals surface area contributed by atoms with Crippen LogP contribution >= 0.6 is 0 Å². The van der Waals surface area contributed by atoms with Crippen molar-refractivity contribution in [3.8, 4) is 5.75 Å². The second-order valence-corrected chi connectivity index (χ2v) is 4.60. The molecule has 1 aromatic rings. The number of hydrogen-bond donors (Lipinski definition) is 2. The van der Waals surface area contributed by atoms with Gasteiger partial charge in [0.1, 0.15) is 5.75 Å².